The van der Waals surface area contributed by atoms with Crippen molar-refractivity contribution >= 4 is 17.5 Å². The van der Waals surface area contributed by atoms with Crippen molar-refractivity contribution in [2.24, 2.45) is 5.92 Å². The van der Waals surface area contributed by atoms with Crippen LogP contribution in [0.2, 0.25) is 0 Å². The highest BCUT2D eigenvalue weighted by Gasteiger charge is 2.37. The predicted octanol–water partition coefficient (Wildman–Crippen LogP) is 3.01. The van der Waals surface area contributed by atoms with Crippen molar-refractivity contribution in [1.29, 1.82) is 0 Å². The number of likely N-dealkylation sites (tertiary alicyclic amines) is 1. The average Bonchev–Trinajstić information content (AvgIpc) is 3.45. The number of rotatable bonds is 7. The second kappa shape index (κ2) is 9.61. The Kier molecular flexibility index (Phi) is 6.65. The number of benzene rings is 2. The van der Waals surface area contributed by atoms with Gasteiger partial charge < -0.3 is 19.7 Å². The van der Waals surface area contributed by atoms with Gasteiger partial charge in [0.2, 0.25) is 11.8 Å². The third kappa shape index (κ3) is 4.58. The minimum Gasteiger partial charge on any atom is -0.493 e. The van der Waals surface area contributed by atoms with E-state index in [1.165, 1.54) is 5.56 Å². The van der Waals surface area contributed by atoms with Crippen LogP contribution in [0.15, 0.2) is 48.5 Å². The number of nitrogens with one attached hydrogen (secondary N) is 1. The fraction of sp³-hybridized carbons (Fsp3) is 0.440. The number of carbonyl (C=O) groups excluding carboxylic acids is 2. The van der Waals surface area contributed by atoms with Crippen LogP contribution in [0.5, 0.6) is 11.5 Å². The van der Waals surface area contributed by atoms with Gasteiger partial charge in [0.25, 0.3) is 0 Å². The molecule has 2 aliphatic rings. The van der Waals surface area contributed by atoms with Crippen LogP contribution in [-0.2, 0) is 9.59 Å². The molecule has 3 atom stereocenters. The molecule has 2 fully saturated rings. The van der Waals surface area contributed by atoms with E-state index >= 15 is 0 Å². The number of amides is 2. The Hall–Kier alpha value is -3.06. The smallest absolute Gasteiger partial charge is 0.227 e. The maximum atomic E-state index is 12.9. The highest BCUT2D eigenvalue weighted by Crippen LogP contribution is 2.34. The van der Waals surface area contributed by atoms with E-state index < -0.39 is 0 Å². The van der Waals surface area contributed by atoms with Crippen LogP contribution in [0.1, 0.15) is 31.4 Å². The summed E-state index contributed by atoms with van der Waals surface area (Å²) in [6.45, 7) is 4.34. The summed E-state index contributed by atoms with van der Waals surface area (Å²) in [7, 11) is 3.14. The molecule has 7 nitrogen and oxygen atoms in total. The van der Waals surface area contributed by atoms with Gasteiger partial charge in [-0.05, 0) is 31.0 Å². The normalized spacial score (nSPS) is 22.1. The molecule has 0 aromatic heterocycles. The highest BCUT2D eigenvalue weighted by atomic mass is 16.5. The van der Waals surface area contributed by atoms with Gasteiger partial charge in [0.1, 0.15) is 0 Å². The molecule has 0 saturated carbocycles. The van der Waals surface area contributed by atoms with Crippen LogP contribution in [0.4, 0.5) is 5.69 Å². The molecular formula is C25H31N3O4. The molecule has 0 bridgehead atoms. The molecule has 2 aromatic carbocycles. The van der Waals surface area contributed by atoms with E-state index in [4.69, 9.17) is 9.47 Å². The molecule has 2 amide bonds. The Morgan fingerprint density at radius 1 is 1.06 bits per heavy atom. The molecule has 0 aliphatic carbocycles. The molecule has 1 N–H and O–H groups in total. The second-order valence-electron chi connectivity index (χ2n) is 8.52. The number of nitrogens with zero attached hydrogens (tertiary/aromatic N) is 2. The van der Waals surface area contributed by atoms with E-state index in [9.17, 15) is 9.59 Å². The molecular weight excluding hydrogens is 406 g/mol. The molecule has 4 rings (SSSR count). The molecule has 3 unspecified atom stereocenters. The van der Waals surface area contributed by atoms with Gasteiger partial charge in [-0.2, -0.15) is 0 Å². The summed E-state index contributed by atoms with van der Waals surface area (Å²) < 4.78 is 10.6. The van der Waals surface area contributed by atoms with Gasteiger partial charge >= 0.3 is 0 Å². The fourth-order valence-corrected chi connectivity index (χ4v) is 4.64. The first-order valence-electron chi connectivity index (χ1n) is 11.1. The topological polar surface area (TPSA) is 71.1 Å². The second-order valence-corrected chi connectivity index (χ2v) is 8.52. The number of anilines is 1. The maximum Gasteiger partial charge on any atom is 0.227 e. The highest BCUT2D eigenvalue weighted by molar-refractivity contribution is 6.00. The number of hydrogen-bond acceptors (Lipinski definition) is 5. The van der Waals surface area contributed by atoms with Gasteiger partial charge in [-0.1, -0.05) is 30.3 Å². The van der Waals surface area contributed by atoms with Gasteiger partial charge in [0.05, 0.1) is 20.1 Å². The van der Waals surface area contributed by atoms with E-state index in [-0.39, 0.29) is 30.2 Å². The first kappa shape index (κ1) is 22.1. The zero-order valence-corrected chi connectivity index (χ0v) is 18.9. The lowest BCUT2D eigenvalue weighted by Gasteiger charge is -2.25. The van der Waals surface area contributed by atoms with Crippen LogP contribution < -0.4 is 19.7 Å². The van der Waals surface area contributed by atoms with Crippen molar-refractivity contribution in [3.63, 3.8) is 0 Å². The number of methoxy groups -OCH3 is 2. The maximum absolute atomic E-state index is 12.9. The summed E-state index contributed by atoms with van der Waals surface area (Å²) in [6.07, 6.45) is 1.14. The monoisotopic (exact) mass is 437 g/mol. The zero-order chi connectivity index (χ0) is 22.7. The Bertz CT molecular complexity index is 965. The lowest BCUT2D eigenvalue weighted by Crippen LogP contribution is -2.41. The Balaban J connectivity index is 1.34. The Morgan fingerprint density at radius 2 is 1.81 bits per heavy atom. The van der Waals surface area contributed by atoms with Crippen molar-refractivity contribution < 1.29 is 19.1 Å². The summed E-state index contributed by atoms with van der Waals surface area (Å²) >= 11 is 0. The van der Waals surface area contributed by atoms with E-state index in [0.717, 1.165) is 19.5 Å². The van der Waals surface area contributed by atoms with Crippen molar-refractivity contribution in [2.45, 2.75) is 31.8 Å². The van der Waals surface area contributed by atoms with E-state index in [1.54, 1.807) is 31.3 Å². The summed E-state index contributed by atoms with van der Waals surface area (Å²) in [5.41, 5.74) is 2.00. The summed E-state index contributed by atoms with van der Waals surface area (Å²) in [4.78, 5) is 29.6. The fourth-order valence-electron chi connectivity index (χ4n) is 4.64. The Labute approximate surface area is 189 Å². The van der Waals surface area contributed by atoms with E-state index in [1.807, 2.05) is 12.1 Å². The first-order valence-corrected chi connectivity index (χ1v) is 11.1. The third-order valence-electron chi connectivity index (χ3n) is 6.57. The van der Waals surface area contributed by atoms with Crippen molar-refractivity contribution in [1.82, 2.24) is 10.2 Å². The van der Waals surface area contributed by atoms with Gasteiger partial charge in [-0.25, -0.2) is 0 Å². The largest absolute Gasteiger partial charge is 0.493 e. The van der Waals surface area contributed by atoms with Crippen molar-refractivity contribution in [2.75, 3.05) is 38.8 Å². The van der Waals surface area contributed by atoms with Crippen LogP contribution in [0.3, 0.4) is 0 Å². The minimum atomic E-state index is -0.351. The van der Waals surface area contributed by atoms with E-state index in [0.29, 0.717) is 29.8 Å². The molecule has 2 heterocycles. The van der Waals surface area contributed by atoms with Crippen LogP contribution in [0.25, 0.3) is 0 Å². The van der Waals surface area contributed by atoms with Crippen molar-refractivity contribution in [3.8, 4) is 11.5 Å². The number of carbonyl (C=O) groups is 2. The molecule has 0 spiro atoms. The standard InChI is InChI=1S/C25H31N3O4/c1-17(18-7-5-4-6-8-18)27-12-11-20(16-27)26-25(30)19-13-24(29)28(15-19)21-9-10-22(31-2)23(14-21)32-3/h4-10,14,17,19-20H,11-13,15-16H2,1-3H3,(H,26,30). The lowest BCUT2D eigenvalue weighted by atomic mass is 10.1. The van der Waals surface area contributed by atoms with Gasteiger partial charge in [0, 0.05) is 49.9 Å². The number of hydrogen-bond donors (Lipinski definition) is 1. The average molecular weight is 438 g/mol. The molecule has 7 heteroatoms. The zero-order valence-electron chi connectivity index (χ0n) is 18.9. The molecule has 32 heavy (non-hydrogen) atoms. The Morgan fingerprint density at radius 3 is 2.53 bits per heavy atom. The summed E-state index contributed by atoms with van der Waals surface area (Å²) in [6, 6.07) is 16.2. The molecule has 0 radical (unpaired) electrons. The molecule has 2 aromatic rings. The van der Waals surface area contributed by atoms with Gasteiger partial charge in [0.15, 0.2) is 11.5 Å². The molecule has 170 valence electrons. The van der Waals surface area contributed by atoms with E-state index in [2.05, 4.69) is 41.4 Å². The van der Waals surface area contributed by atoms with Crippen molar-refractivity contribution in [3.05, 3.63) is 54.1 Å². The molecule has 2 saturated heterocycles. The van der Waals surface area contributed by atoms with Crippen LogP contribution >= 0.6 is 0 Å². The van der Waals surface area contributed by atoms with Crippen LogP contribution in [-0.4, -0.2) is 56.6 Å². The van der Waals surface area contributed by atoms with Gasteiger partial charge in [-0.15, -0.1) is 0 Å². The minimum absolute atomic E-state index is 0.0412. The SMILES string of the molecule is COc1ccc(N2CC(C(=O)NC3CCN(C(C)c4ccccc4)C3)CC2=O)cc1OC. The number of ether oxygens (including phenoxy) is 2. The van der Waals surface area contributed by atoms with Gasteiger partial charge in [-0.3, -0.25) is 14.5 Å². The molecule has 2 aliphatic heterocycles. The summed E-state index contributed by atoms with van der Waals surface area (Å²) in [5.74, 6) is 0.719. The summed E-state index contributed by atoms with van der Waals surface area (Å²) in [5, 5.41) is 3.19. The first-order chi connectivity index (χ1) is 15.5. The predicted molar refractivity (Wildman–Crippen MR) is 123 cm³/mol. The van der Waals surface area contributed by atoms with Crippen LogP contribution in [0, 0.1) is 5.92 Å². The lowest BCUT2D eigenvalue weighted by molar-refractivity contribution is -0.126. The third-order valence-corrected chi connectivity index (χ3v) is 6.57. The quantitative estimate of drug-likeness (QED) is 0.721.